The van der Waals surface area contributed by atoms with Gasteiger partial charge in [0.2, 0.25) is 11.8 Å². The molecule has 3 heterocycles. The molecular formula is C16H19F3N3O4+. The molecule has 0 spiro atoms. The number of halogens is 3. The highest BCUT2D eigenvalue weighted by atomic mass is 19.4. The van der Waals surface area contributed by atoms with E-state index in [1.54, 1.807) is 6.92 Å². The molecule has 3 rings (SSSR count). The largest absolute Gasteiger partial charge is 0.497 e. The zero-order valence-corrected chi connectivity index (χ0v) is 14.3. The van der Waals surface area contributed by atoms with Crippen molar-refractivity contribution < 1.29 is 32.3 Å². The zero-order chi connectivity index (χ0) is 19.1. The van der Waals surface area contributed by atoms with E-state index < -0.39 is 34.8 Å². The molecule has 2 aliphatic heterocycles. The fourth-order valence-electron chi connectivity index (χ4n) is 3.37. The Labute approximate surface area is 147 Å². The molecule has 7 nitrogen and oxygen atoms in total. The molecule has 2 unspecified atom stereocenters. The molecule has 142 valence electrons. The van der Waals surface area contributed by atoms with Gasteiger partial charge in [-0.1, -0.05) is 0 Å². The third-order valence-electron chi connectivity index (χ3n) is 4.57. The molecule has 10 heteroatoms. The number of fused-ring (bicyclic) bond motifs is 1. The van der Waals surface area contributed by atoms with Gasteiger partial charge in [-0.25, -0.2) is 14.6 Å². The van der Waals surface area contributed by atoms with E-state index in [9.17, 15) is 22.8 Å². The van der Waals surface area contributed by atoms with Gasteiger partial charge in [-0.3, -0.25) is 4.84 Å². The Bertz CT molecular complexity index is 734. The van der Waals surface area contributed by atoms with E-state index in [-0.39, 0.29) is 11.6 Å². The van der Waals surface area contributed by atoms with Crippen molar-refractivity contribution in [2.75, 3.05) is 13.1 Å². The number of rotatable bonds is 2. The molecular weight excluding hydrogens is 355 g/mol. The van der Waals surface area contributed by atoms with Crippen LogP contribution in [0, 0.1) is 6.92 Å². The first-order valence-corrected chi connectivity index (χ1v) is 8.24. The van der Waals surface area contributed by atoms with Crippen LogP contribution in [-0.2, 0) is 14.4 Å². The van der Waals surface area contributed by atoms with Gasteiger partial charge < -0.3 is 10.1 Å². The summed E-state index contributed by atoms with van der Waals surface area (Å²) in [5.41, 5.74) is 0.631. The van der Waals surface area contributed by atoms with Crippen molar-refractivity contribution in [3.8, 4) is 5.88 Å². The van der Waals surface area contributed by atoms with Gasteiger partial charge in [-0.2, -0.15) is 13.2 Å². The lowest BCUT2D eigenvalue weighted by Gasteiger charge is -2.42. The lowest BCUT2D eigenvalue weighted by Crippen LogP contribution is -2.69. The smallest absolute Gasteiger partial charge is 0.456 e. The first-order valence-electron chi connectivity index (χ1n) is 8.24. The Morgan fingerprint density at radius 2 is 2.04 bits per heavy atom. The van der Waals surface area contributed by atoms with Gasteiger partial charge >= 0.3 is 18.1 Å². The Morgan fingerprint density at radius 3 is 2.65 bits per heavy atom. The summed E-state index contributed by atoms with van der Waals surface area (Å²) in [6.45, 7) is 4.07. The van der Waals surface area contributed by atoms with Gasteiger partial charge in [0.05, 0.1) is 0 Å². The number of hydroxylamine groups is 2. The quantitative estimate of drug-likeness (QED) is 0.796. The summed E-state index contributed by atoms with van der Waals surface area (Å²) in [6, 6.07) is 0.821. The topological polar surface area (TPSA) is 77.5 Å². The molecule has 1 fully saturated rings. The summed E-state index contributed by atoms with van der Waals surface area (Å²) in [6.07, 6.45) is -4.14. The number of hydrogen-bond acceptors (Lipinski definition) is 6. The average Bonchev–Trinajstić information content (AvgIpc) is 2.59. The summed E-state index contributed by atoms with van der Waals surface area (Å²) < 4.78 is 43.2. The second kappa shape index (κ2) is 6.51. The molecule has 0 radical (unpaired) electrons. The second-order valence-electron chi connectivity index (χ2n) is 6.45. The molecule has 0 aliphatic carbocycles. The van der Waals surface area contributed by atoms with Gasteiger partial charge in [0.25, 0.3) is 5.88 Å². The van der Waals surface area contributed by atoms with E-state index in [2.05, 4.69) is 10.3 Å². The minimum atomic E-state index is -5.22. The van der Waals surface area contributed by atoms with Crippen molar-refractivity contribution >= 4 is 17.6 Å². The van der Waals surface area contributed by atoms with E-state index in [4.69, 9.17) is 9.57 Å². The van der Waals surface area contributed by atoms with Crippen LogP contribution in [-0.4, -0.2) is 48.3 Å². The number of nitrogens with zero attached hydrogens (tertiary/aromatic N) is 2. The summed E-state index contributed by atoms with van der Waals surface area (Å²) in [5.74, 6) is -3.17. The monoisotopic (exact) mass is 374 g/mol. The fourth-order valence-corrected chi connectivity index (χ4v) is 3.37. The number of pyridine rings is 1. The first kappa shape index (κ1) is 18.6. The van der Waals surface area contributed by atoms with E-state index in [0.29, 0.717) is 31.5 Å². The number of piperidine rings is 1. The van der Waals surface area contributed by atoms with Crippen LogP contribution in [0.5, 0.6) is 5.88 Å². The summed E-state index contributed by atoms with van der Waals surface area (Å²) >= 11 is 0. The SMILES string of the molecule is Cc1cnc2c(c1)[N+](OC(=O)C(F)(F)F)(C1CCNCC1)C(=O)C(C)O2. The van der Waals surface area contributed by atoms with Gasteiger partial charge in [0.15, 0.2) is 0 Å². The highest BCUT2D eigenvalue weighted by Crippen LogP contribution is 2.43. The van der Waals surface area contributed by atoms with Gasteiger partial charge in [0.1, 0.15) is 6.04 Å². The van der Waals surface area contributed by atoms with Crippen LogP contribution in [0.25, 0.3) is 0 Å². The van der Waals surface area contributed by atoms with Crippen molar-refractivity contribution in [3.05, 3.63) is 17.8 Å². The number of alkyl halides is 3. The fraction of sp³-hybridized carbons (Fsp3) is 0.562. The van der Waals surface area contributed by atoms with Crippen LogP contribution in [0.15, 0.2) is 12.3 Å². The van der Waals surface area contributed by atoms with Crippen molar-refractivity contribution in [1.29, 1.82) is 0 Å². The number of hydrogen-bond donors (Lipinski definition) is 1. The normalized spacial score (nSPS) is 26.8. The Hall–Kier alpha value is -2.20. The van der Waals surface area contributed by atoms with Crippen molar-refractivity contribution in [2.24, 2.45) is 0 Å². The Balaban J connectivity index is 2.19. The molecule has 0 bridgehead atoms. The molecule has 2 atom stereocenters. The molecule has 0 saturated carbocycles. The number of quaternary nitrogens is 1. The molecule has 0 aromatic carbocycles. The molecule has 1 aromatic heterocycles. The van der Waals surface area contributed by atoms with E-state index in [1.807, 2.05) is 0 Å². The number of aromatic nitrogens is 1. The zero-order valence-electron chi connectivity index (χ0n) is 14.3. The number of nitrogens with one attached hydrogen (secondary N) is 1. The van der Waals surface area contributed by atoms with E-state index in [1.165, 1.54) is 19.2 Å². The Morgan fingerprint density at radius 1 is 1.38 bits per heavy atom. The number of carbonyl (C=O) groups is 2. The van der Waals surface area contributed by atoms with Crippen LogP contribution >= 0.6 is 0 Å². The van der Waals surface area contributed by atoms with Crippen molar-refractivity contribution in [3.63, 3.8) is 0 Å². The number of aryl methyl sites for hydroxylation is 1. The maximum absolute atomic E-state index is 13.0. The standard InChI is InChI=1S/C16H19F3N3O4/c1-9-7-12-13(21-8-9)25-10(2)14(23)22(12,11-3-5-20-6-4-11)26-15(24)16(17,18)19/h7-8,10-11,20H,3-6H2,1-2H3/q+1. The number of carbonyl (C=O) groups excluding carboxylic acids is 2. The molecule has 1 N–H and O–H groups in total. The van der Waals surface area contributed by atoms with Crippen LogP contribution in [0.3, 0.4) is 0 Å². The minimum absolute atomic E-state index is 0.00351. The second-order valence-corrected chi connectivity index (χ2v) is 6.45. The van der Waals surface area contributed by atoms with E-state index >= 15 is 0 Å². The van der Waals surface area contributed by atoms with Crippen LogP contribution in [0.4, 0.5) is 18.9 Å². The maximum atomic E-state index is 13.0. The maximum Gasteiger partial charge on any atom is 0.497 e. The van der Waals surface area contributed by atoms with Crippen LogP contribution in [0.2, 0.25) is 0 Å². The predicted octanol–water partition coefficient (Wildman–Crippen LogP) is 1.78. The van der Waals surface area contributed by atoms with Crippen molar-refractivity contribution in [1.82, 2.24) is 14.9 Å². The van der Waals surface area contributed by atoms with Gasteiger partial charge in [-0.15, -0.1) is 0 Å². The molecule has 1 aromatic rings. The van der Waals surface area contributed by atoms with Gasteiger partial charge in [0, 0.05) is 38.2 Å². The summed E-state index contributed by atoms with van der Waals surface area (Å²) in [5, 5.41) is 3.09. The third kappa shape index (κ3) is 3.03. The Kier molecular flexibility index (Phi) is 4.65. The highest BCUT2D eigenvalue weighted by Gasteiger charge is 2.62. The van der Waals surface area contributed by atoms with Crippen molar-refractivity contribution in [2.45, 2.75) is 45.0 Å². The van der Waals surface area contributed by atoms with E-state index in [0.717, 1.165) is 0 Å². The molecule has 1 saturated heterocycles. The minimum Gasteiger partial charge on any atom is -0.456 e. The highest BCUT2D eigenvalue weighted by molar-refractivity contribution is 5.95. The van der Waals surface area contributed by atoms with Crippen LogP contribution in [0.1, 0.15) is 25.3 Å². The first-order chi connectivity index (χ1) is 12.2. The predicted molar refractivity (Wildman–Crippen MR) is 83.9 cm³/mol. The number of ether oxygens (including phenoxy) is 1. The molecule has 1 amide bonds. The molecule has 26 heavy (non-hydrogen) atoms. The summed E-state index contributed by atoms with van der Waals surface area (Å²) in [7, 11) is 0. The average molecular weight is 374 g/mol. The number of amides is 1. The van der Waals surface area contributed by atoms with Crippen LogP contribution < -0.4 is 14.7 Å². The lowest BCUT2D eigenvalue weighted by molar-refractivity contribution is -0.245. The van der Waals surface area contributed by atoms with Gasteiger partial charge in [-0.05, 0) is 24.1 Å². The lowest BCUT2D eigenvalue weighted by atomic mass is 10.0. The summed E-state index contributed by atoms with van der Waals surface area (Å²) in [4.78, 5) is 33.8. The molecule has 2 aliphatic rings. The third-order valence-corrected chi connectivity index (χ3v) is 4.57.